The van der Waals surface area contributed by atoms with E-state index < -0.39 is 10.0 Å². The van der Waals surface area contributed by atoms with Crippen molar-refractivity contribution in [3.63, 3.8) is 0 Å². The summed E-state index contributed by atoms with van der Waals surface area (Å²) in [6.07, 6.45) is 0. The van der Waals surface area contributed by atoms with Gasteiger partial charge in [0.2, 0.25) is 0 Å². The van der Waals surface area contributed by atoms with Gasteiger partial charge in [-0.25, -0.2) is 8.42 Å². The predicted molar refractivity (Wildman–Crippen MR) is 102 cm³/mol. The molecule has 0 saturated heterocycles. The Hall–Kier alpha value is -2.94. The fourth-order valence-electron chi connectivity index (χ4n) is 3.13. The zero-order chi connectivity index (χ0) is 19.7. The van der Waals surface area contributed by atoms with Crippen molar-refractivity contribution in [2.45, 2.75) is 11.8 Å². The molecule has 4 rings (SSSR count). The van der Waals surface area contributed by atoms with Gasteiger partial charge in [0, 0.05) is 18.3 Å². The van der Waals surface area contributed by atoms with Crippen LogP contribution in [0.15, 0.2) is 41.3 Å². The largest absolute Gasteiger partial charge is 0.491 e. The Morgan fingerprint density at radius 1 is 0.964 bits per heavy atom. The highest BCUT2D eigenvalue weighted by Crippen LogP contribution is 2.33. The van der Waals surface area contributed by atoms with Crippen molar-refractivity contribution in [1.29, 1.82) is 0 Å². The van der Waals surface area contributed by atoms with E-state index in [1.165, 1.54) is 18.2 Å². The van der Waals surface area contributed by atoms with E-state index in [1.54, 1.807) is 23.1 Å². The van der Waals surface area contributed by atoms with Gasteiger partial charge >= 0.3 is 0 Å². The lowest BCUT2D eigenvalue weighted by atomic mass is 10.1. The quantitative estimate of drug-likeness (QED) is 0.839. The number of benzene rings is 2. The Bertz CT molecular complexity index is 1020. The van der Waals surface area contributed by atoms with Crippen molar-refractivity contribution in [1.82, 2.24) is 4.90 Å². The zero-order valence-corrected chi connectivity index (χ0v) is 16.1. The van der Waals surface area contributed by atoms with E-state index >= 15 is 0 Å². The SMILES string of the molecule is CCN1CCOc2ccc(NS(=O)(=O)c3ccc4c(c3)OCCO4)cc2C1=O. The maximum atomic E-state index is 12.8. The Morgan fingerprint density at radius 2 is 1.68 bits per heavy atom. The van der Waals surface area contributed by atoms with Crippen LogP contribution in [0.2, 0.25) is 0 Å². The monoisotopic (exact) mass is 404 g/mol. The first kappa shape index (κ1) is 18.4. The minimum atomic E-state index is -3.87. The lowest BCUT2D eigenvalue weighted by molar-refractivity contribution is 0.0765. The van der Waals surface area contributed by atoms with Gasteiger partial charge in [-0.1, -0.05) is 0 Å². The van der Waals surface area contributed by atoms with Gasteiger partial charge < -0.3 is 19.1 Å². The molecule has 28 heavy (non-hydrogen) atoms. The minimum Gasteiger partial charge on any atom is -0.491 e. The molecule has 9 heteroatoms. The number of fused-ring (bicyclic) bond motifs is 2. The van der Waals surface area contributed by atoms with Crippen LogP contribution in [-0.4, -0.2) is 52.1 Å². The summed E-state index contributed by atoms with van der Waals surface area (Å²) in [6, 6.07) is 9.12. The summed E-state index contributed by atoms with van der Waals surface area (Å²) in [4.78, 5) is 14.4. The van der Waals surface area contributed by atoms with E-state index in [0.29, 0.717) is 55.7 Å². The molecule has 0 radical (unpaired) electrons. The third kappa shape index (κ3) is 3.45. The number of carbonyl (C=O) groups is 1. The average Bonchev–Trinajstić information content (AvgIpc) is 2.86. The van der Waals surface area contributed by atoms with E-state index in [1.807, 2.05) is 6.92 Å². The lowest BCUT2D eigenvalue weighted by Gasteiger charge is -2.19. The highest BCUT2D eigenvalue weighted by molar-refractivity contribution is 7.92. The molecule has 0 spiro atoms. The van der Waals surface area contributed by atoms with E-state index in [-0.39, 0.29) is 16.5 Å². The number of amides is 1. The third-order valence-electron chi connectivity index (χ3n) is 4.57. The van der Waals surface area contributed by atoms with E-state index in [4.69, 9.17) is 14.2 Å². The molecular weight excluding hydrogens is 384 g/mol. The molecule has 2 aliphatic rings. The van der Waals surface area contributed by atoms with E-state index in [0.717, 1.165) is 0 Å². The number of sulfonamides is 1. The standard InChI is InChI=1S/C19H20N2O6S/c1-2-21-7-8-25-16-5-3-13(11-15(16)19(21)22)20-28(23,24)14-4-6-17-18(12-14)27-10-9-26-17/h3-6,11-12,20H,2,7-10H2,1H3. The number of anilines is 1. The molecular formula is C19H20N2O6S. The maximum absolute atomic E-state index is 12.8. The van der Waals surface area contributed by atoms with Crippen molar-refractivity contribution >= 4 is 21.6 Å². The van der Waals surface area contributed by atoms with Gasteiger partial charge in [-0.2, -0.15) is 0 Å². The number of hydrogen-bond acceptors (Lipinski definition) is 6. The second-order valence-electron chi connectivity index (χ2n) is 6.36. The summed E-state index contributed by atoms with van der Waals surface area (Å²) in [7, 11) is -3.87. The van der Waals surface area contributed by atoms with Crippen LogP contribution in [0.3, 0.4) is 0 Å². The number of hydrogen-bond donors (Lipinski definition) is 1. The fourth-order valence-corrected chi connectivity index (χ4v) is 4.20. The molecule has 8 nitrogen and oxygen atoms in total. The molecule has 0 bridgehead atoms. The topological polar surface area (TPSA) is 94.2 Å². The van der Waals surface area contributed by atoms with Gasteiger partial charge in [0.1, 0.15) is 25.6 Å². The fraction of sp³-hybridized carbons (Fsp3) is 0.316. The summed E-state index contributed by atoms with van der Waals surface area (Å²) in [5.74, 6) is 1.16. The molecule has 0 aliphatic carbocycles. The van der Waals surface area contributed by atoms with Crippen molar-refractivity contribution < 1.29 is 27.4 Å². The van der Waals surface area contributed by atoms with Crippen LogP contribution in [0, 0.1) is 0 Å². The van der Waals surface area contributed by atoms with Crippen molar-refractivity contribution in [3.05, 3.63) is 42.0 Å². The molecule has 0 atom stereocenters. The van der Waals surface area contributed by atoms with Gasteiger partial charge in [-0.05, 0) is 37.3 Å². The Balaban J connectivity index is 1.63. The van der Waals surface area contributed by atoms with Crippen LogP contribution >= 0.6 is 0 Å². The second kappa shape index (κ2) is 7.23. The summed E-state index contributed by atoms with van der Waals surface area (Å²) < 4.78 is 44.6. The summed E-state index contributed by atoms with van der Waals surface area (Å²) in [6.45, 7) is 4.12. The number of rotatable bonds is 4. The highest BCUT2D eigenvalue weighted by Gasteiger charge is 2.24. The number of likely N-dealkylation sites (N-methyl/N-ethyl adjacent to an activating group) is 1. The Kier molecular flexibility index (Phi) is 4.76. The summed E-state index contributed by atoms with van der Waals surface area (Å²) in [5.41, 5.74) is 0.616. The minimum absolute atomic E-state index is 0.0458. The van der Waals surface area contributed by atoms with Crippen LogP contribution in [0.5, 0.6) is 17.2 Å². The molecule has 2 aliphatic heterocycles. The molecule has 2 aromatic rings. The molecule has 0 fully saturated rings. The second-order valence-corrected chi connectivity index (χ2v) is 8.04. The molecule has 1 N–H and O–H groups in total. The smallest absolute Gasteiger partial charge is 0.262 e. The number of carbonyl (C=O) groups excluding carboxylic acids is 1. The van der Waals surface area contributed by atoms with Crippen LogP contribution < -0.4 is 18.9 Å². The van der Waals surface area contributed by atoms with E-state index in [2.05, 4.69) is 4.72 Å². The van der Waals surface area contributed by atoms with E-state index in [9.17, 15) is 13.2 Å². The van der Waals surface area contributed by atoms with Gasteiger partial charge in [0.15, 0.2) is 11.5 Å². The van der Waals surface area contributed by atoms with Crippen molar-refractivity contribution in [3.8, 4) is 17.2 Å². The molecule has 1 amide bonds. The first-order valence-corrected chi connectivity index (χ1v) is 10.4. The van der Waals surface area contributed by atoms with Gasteiger partial charge in [-0.3, -0.25) is 9.52 Å². The lowest BCUT2D eigenvalue weighted by Crippen LogP contribution is -2.32. The van der Waals surface area contributed by atoms with Crippen molar-refractivity contribution in [2.75, 3.05) is 37.6 Å². The Labute approximate surface area is 163 Å². The molecule has 2 aromatic carbocycles. The van der Waals surface area contributed by atoms with Gasteiger partial charge in [0.05, 0.1) is 17.0 Å². The van der Waals surface area contributed by atoms with Crippen LogP contribution in [0.25, 0.3) is 0 Å². The Morgan fingerprint density at radius 3 is 2.46 bits per heavy atom. The average molecular weight is 404 g/mol. The van der Waals surface area contributed by atoms with Crippen LogP contribution in [0.1, 0.15) is 17.3 Å². The first-order chi connectivity index (χ1) is 13.5. The van der Waals surface area contributed by atoms with Crippen LogP contribution in [-0.2, 0) is 10.0 Å². The third-order valence-corrected chi connectivity index (χ3v) is 5.95. The number of nitrogens with one attached hydrogen (secondary N) is 1. The first-order valence-electron chi connectivity index (χ1n) is 8.96. The highest BCUT2D eigenvalue weighted by atomic mass is 32.2. The van der Waals surface area contributed by atoms with Crippen molar-refractivity contribution in [2.24, 2.45) is 0 Å². The molecule has 148 valence electrons. The molecule has 0 aromatic heterocycles. The van der Waals surface area contributed by atoms with Gasteiger partial charge in [0.25, 0.3) is 15.9 Å². The van der Waals surface area contributed by atoms with Gasteiger partial charge in [-0.15, -0.1) is 0 Å². The summed E-state index contributed by atoms with van der Waals surface area (Å²) >= 11 is 0. The number of nitrogens with zero attached hydrogens (tertiary/aromatic N) is 1. The molecule has 0 saturated carbocycles. The number of ether oxygens (including phenoxy) is 3. The predicted octanol–water partition coefficient (Wildman–Crippen LogP) is 2.11. The normalized spacial score (nSPS) is 16.0. The summed E-state index contributed by atoms with van der Waals surface area (Å²) in [5, 5.41) is 0. The molecule has 2 heterocycles. The zero-order valence-electron chi connectivity index (χ0n) is 15.3. The van der Waals surface area contributed by atoms with Crippen LogP contribution in [0.4, 0.5) is 5.69 Å². The maximum Gasteiger partial charge on any atom is 0.262 e. The molecule has 0 unspecified atom stereocenters.